The molecule has 0 bridgehead atoms. The number of carbonyl (C=O) groups excluding carboxylic acids is 2. The number of ether oxygens (including phenoxy) is 1. The highest BCUT2D eigenvalue weighted by Crippen LogP contribution is 2.22. The van der Waals surface area contributed by atoms with E-state index in [9.17, 15) is 9.59 Å². The second-order valence-corrected chi connectivity index (χ2v) is 5.83. The van der Waals surface area contributed by atoms with E-state index in [1.54, 1.807) is 26.1 Å². The molecule has 1 aliphatic heterocycles. The number of hydrogen-bond acceptors (Lipinski definition) is 5. The van der Waals surface area contributed by atoms with Gasteiger partial charge in [0.15, 0.2) is 0 Å². The Balaban J connectivity index is 2.16. The lowest BCUT2D eigenvalue weighted by Gasteiger charge is -2.41. The van der Waals surface area contributed by atoms with Crippen molar-refractivity contribution in [2.24, 2.45) is 5.73 Å². The van der Waals surface area contributed by atoms with Gasteiger partial charge < -0.3 is 20.3 Å². The van der Waals surface area contributed by atoms with Crippen LogP contribution in [0.2, 0.25) is 0 Å². The molecule has 7 nitrogen and oxygen atoms in total. The summed E-state index contributed by atoms with van der Waals surface area (Å²) in [5.74, 6) is 0.353. The fraction of sp³-hybridized carbons (Fsp3) is 0.500. The van der Waals surface area contributed by atoms with Crippen LogP contribution in [0.1, 0.15) is 0 Å². The lowest BCUT2D eigenvalue weighted by Crippen LogP contribution is -2.60. The van der Waals surface area contributed by atoms with Gasteiger partial charge in [-0.3, -0.25) is 14.5 Å². The average molecular weight is 320 g/mol. The van der Waals surface area contributed by atoms with E-state index in [2.05, 4.69) is 4.90 Å². The maximum atomic E-state index is 12.5. The highest BCUT2D eigenvalue weighted by molar-refractivity contribution is 5.84. The van der Waals surface area contributed by atoms with Gasteiger partial charge in [0.25, 0.3) is 0 Å². The molecule has 126 valence electrons. The standard InChI is InChI=1S/C16H24N4O3/c1-18(2)16(22)14-10-19(8-9-20(14)11-15(17)21)12-4-6-13(23-3)7-5-12/h4-7,14H,8-11H2,1-3H3,(H2,17,21)/t14-/m1/s1. The summed E-state index contributed by atoms with van der Waals surface area (Å²) < 4.78 is 5.17. The predicted octanol–water partition coefficient (Wildman–Crippen LogP) is -0.241. The number of piperazine rings is 1. The zero-order valence-electron chi connectivity index (χ0n) is 13.9. The first-order chi connectivity index (χ1) is 10.9. The molecule has 23 heavy (non-hydrogen) atoms. The molecule has 0 radical (unpaired) electrons. The van der Waals surface area contributed by atoms with Gasteiger partial charge in [-0.15, -0.1) is 0 Å². The van der Waals surface area contributed by atoms with Crippen molar-refractivity contribution in [3.63, 3.8) is 0 Å². The normalized spacial score (nSPS) is 18.6. The predicted molar refractivity (Wildman–Crippen MR) is 88.5 cm³/mol. The molecular formula is C16H24N4O3. The van der Waals surface area contributed by atoms with E-state index >= 15 is 0 Å². The van der Waals surface area contributed by atoms with Crippen molar-refractivity contribution in [2.75, 3.05) is 52.3 Å². The van der Waals surface area contributed by atoms with Crippen LogP contribution in [0.4, 0.5) is 5.69 Å². The van der Waals surface area contributed by atoms with E-state index < -0.39 is 5.91 Å². The van der Waals surface area contributed by atoms with E-state index in [0.29, 0.717) is 13.1 Å². The van der Waals surface area contributed by atoms with Crippen LogP contribution in [-0.2, 0) is 9.59 Å². The van der Waals surface area contributed by atoms with Crippen molar-refractivity contribution in [1.29, 1.82) is 0 Å². The largest absolute Gasteiger partial charge is 0.497 e. The Kier molecular flexibility index (Phi) is 5.44. The first-order valence-corrected chi connectivity index (χ1v) is 7.55. The maximum absolute atomic E-state index is 12.5. The Labute approximate surface area is 136 Å². The van der Waals surface area contributed by atoms with Gasteiger partial charge in [0.05, 0.1) is 13.7 Å². The molecule has 0 aromatic heterocycles. The molecule has 0 unspecified atom stereocenters. The van der Waals surface area contributed by atoms with Crippen LogP contribution in [0.15, 0.2) is 24.3 Å². The summed E-state index contributed by atoms with van der Waals surface area (Å²) in [6.45, 7) is 1.97. The number of rotatable bonds is 5. The van der Waals surface area contributed by atoms with E-state index in [-0.39, 0.29) is 18.5 Å². The summed E-state index contributed by atoms with van der Waals surface area (Å²) in [6.07, 6.45) is 0. The van der Waals surface area contributed by atoms with Crippen molar-refractivity contribution in [2.45, 2.75) is 6.04 Å². The molecule has 1 aliphatic rings. The number of primary amides is 1. The van der Waals surface area contributed by atoms with Gasteiger partial charge in [-0.05, 0) is 24.3 Å². The lowest BCUT2D eigenvalue weighted by atomic mass is 10.1. The van der Waals surface area contributed by atoms with Gasteiger partial charge in [0.2, 0.25) is 11.8 Å². The molecule has 2 rings (SSSR count). The molecule has 2 amide bonds. The summed E-state index contributed by atoms with van der Waals surface area (Å²) in [6, 6.07) is 7.36. The van der Waals surface area contributed by atoms with Crippen molar-refractivity contribution in [3.05, 3.63) is 24.3 Å². The Morgan fingerprint density at radius 2 is 1.91 bits per heavy atom. The van der Waals surface area contributed by atoms with Crippen LogP contribution < -0.4 is 15.4 Å². The number of benzene rings is 1. The fourth-order valence-corrected chi connectivity index (χ4v) is 2.77. The highest BCUT2D eigenvalue weighted by atomic mass is 16.5. The molecular weight excluding hydrogens is 296 g/mol. The number of nitrogens with two attached hydrogens (primary N) is 1. The maximum Gasteiger partial charge on any atom is 0.241 e. The summed E-state index contributed by atoms with van der Waals surface area (Å²) in [5.41, 5.74) is 6.34. The van der Waals surface area contributed by atoms with Crippen molar-refractivity contribution >= 4 is 17.5 Å². The lowest BCUT2D eigenvalue weighted by molar-refractivity contribution is -0.135. The Hall–Kier alpha value is -2.28. The molecule has 1 aromatic rings. The molecule has 1 atom stereocenters. The van der Waals surface area contributed by atoms with Crippen LogP contribution in [0.3, 0.4) is 0 Å². The van der Waals surface area contributed by atoms with Crippen LogP contribution in [0.5, 0.6) is 5.75 Å². The number of methoxy groups -OCH3 is 1. The molecule has 1 heterocycles. The third kappa shape index (κ3) is 4.13. The SMILES string of the molecule is COc1ccc(N2CCN(CC(N)=O)[C@@H](C(=O)N(C)C)C2)cc1. The third-order valence-electron chi connectivity index (χ3n) is 4.01. The molecule has 7 heteroatoms. The smallest absolute Gasteiger partial charge is 0.241 e. The molecule has 2 N–H and O–H groups in total. The minimum Gasteiger partial charge on any atom is -0.497 e. The number of likely N-dealkylation sites (N-methyl/N-ethyl adjacent to an activating group) is 1. The Morgan fingerprint density at radius 3 is 2.43 bits per heavy atom. The van der Waals surface area contributed by atoms with E-state index in [1.807, 2.05) is 29.2 Å². The van der Waals surface area contributed by atoms with Gasteiger partial charge in [-0.1, -0.05) is 0 Å². The number of hydrogen-bond donors (Lipinski definition) is 1. The monoisotopic (exact) mass is 320 g/mol. The average Bonchev–Trinajstić information content (AvgIpc) is 2.54. The van der Waals surface area contributed by atoms with Crippen LogP contribution in [-0.4, -0.2) is 75.0 Å². The topological polar surface area (TPSA) is 79.1 Å². The first kappa shape index (κ1) is 17.1. The second kappa shape index (κ2) is 7.32. The zero-order chi connectivity index (χ0) is 17.0. The molecule has 0 aliphatic carbocycles. The summed E-state index contributed by atoms with van der Waals surface area (Å²) in [4.78, 5) is 29.3. The molecule has 1 saturated heterocycles. The van der Waals surface area contributed by atoms with Gasteiger partial charge >= 0.3 is 0 Å². The van der Waals surface area contributed by atoms with Gasteiger partial charge in [0.1, 0.15) is 11.8 Å². The van der Waals surface area contributed by atoms with Crippen molar-refractivity contribution in [1.82, 2.24) is 9.80 Å². The fourth-order valence-electron chi connectivity index (χ4n) is 2.77. The van der Waals surface area contributed by atoms with Crippen LogP contribution in [0, 0.1) is 0 Å². The van der Waals surface area contributed by atoms with Crippen molar-refractivity contribution in [3.8, 4) is 5.75 Å². The molecule has 0 saturated carbocycles. The van der Waals surface area contributed by atoms with E-state index in [4.69, 9.17) is 10.5 Å². The molecule has 1 aromatic carbocycles. The van der Waals surface area contributed by atoms with Gasteiger partial charge in [-0.25, -0.2) is 0 Å². The van der Waals surface area contributed by atoms with E-state index in [1.165, 1.54) is 0 Å². The third-order valence-corrected chi connectivity index (χ3v) is 4.01. The molecule has 1 fully saturated rings. The Bertz CT molecular complexity index is 559. The number of amides is 2. The second-order valence-electron chi connectivity index (χ2n) is 5.83. The number of anilines is 1. The van der Waals surface area contributed by atoms with E-state index in [0.717, 1.165) is 18.0 Å². The first-order valence-electron chi connectivity index (χ1n) is 7.55. The molecule has 0 spiro atoms. The van der Waals surface area contributed by atoms with Gasteiger partial charge in [-0.2, -0.15) is 0 Å². The van der Waals surface area contributed by atoms with Crippen LogP contribution >= 0.6 is 0 Å². The Morgan fingerprint density at radius 1 is 1.26 bits per heavy atom. The minimum atomic E-state index is -0.417. The number of carbonyl (C=O) groups is 2. The van der Waals surface area contributed by atoms with Crippen LogP contribution in [0.25, 0.3) is 0 Å². The van der Waals surface area contributed by atoms with Gasteiger partial charge in [0, 0.05) is 39.4 Å². The minimum absolute atomic E-state index is 0.0236. The quantitative estimate of drug-likeness (QED) is 0.810. The zero-order valence-corrected chi connectivity index (χ0v) is 13.9. The van der Waals surface area contributed by atoms with Crippen molar-refractivity contribution < 1.29 is 14.3 Å². The number of nitrogens with zero attached hydrogens (tertiary/aromatic N) is 3. The summed E-state index contributed by atoms with van der Waals surface area (Å²) in [5, 5.41) is 0. The summed E-state index contributed by atoms with van der Waals surface area (Å²) >= 11 is 0. The summed E-state index contributed by atoms with van der Waals surface area (Å²) in [7, 11) is 5.07. The highest BCUT2D eigenvalue weighted by Gasteiger charge is 2.34.